The number of nitrogens with one attached hydrogen (secondary N) is 1. The Morgan fingerprint density at radius 1 is 1.16 bits per heavy atom. The van der Waals surface area contributed by atoms with E-state index in [9.17, 15) is 0 Å². The van der Waals surface area contributed by atoms with Crippen LogP contribution >= 0.6 is 11.6 Å². The van der Waals surface area contributed by atoms with Crippen LogP contribution in [0.25, 0.3) is 0 Å². The number of amidine groups is 1. The van der Waals surface area contributed by atoms with Crippen LogP contribution < -0.4 is 10.1 Å². The van der Waals surface area contributed by atoms with Gasteiger partial charge in [0.2, 0.25) is 0 Å². The van der Waals surface area contributed by atoms with Crippen LogP contribution in [0.4, 0.5) is 5.69 Å². The maximum Gasteiger partial charge on any atom is 0.196 e. The second kappa shape index (κ2) is 5.33. The maximum absolute atomic E-state index is 5.83. The zero-order chi connectivity index (χ0) is 13.1. The van der Waals surface area contributed by atoms with E-state index in [0.717, 1.165) is 22.6 Å². The lowest BCUT2D eigenvalue weighted by atomic mass is 10.1. The maximum atomic E-state index is 5.83. The van der Waals surface area contributed by atoms with Crippen LogP contribution in [0.2, 0.25) is 0 Å². The van der Waals surface area contributed by atoms with Crippen molar-refractivity contribution < 1.29 is 4.74 Å². The first kappa shape index (κ1) is 12.1. The third kappa shape index (κ3) is 2.88. The molecule has 1 heterocycles. The van der Waals surface area contributed by atoms with Crippen LogP contribution in [0.5, 0.6) is 5.75 Å². The van der Waals surface area contributed by atoms with Gasteiger partial charge in [-0.2, -0.15) is 0 Å². The number of benzene rings is 2. The molecular formula is C15H13ClN2O. The van der Waals surface area contributed by atoms with Gasteiger partial charge in [0.15, 0.2) is 5.29 Å². The molecule has 0 atom stereocenters. The summed E-state index contributed by atoms with van der Waals surface area (Å²) in [5, 5.41) is 3.46. The topological polar surface area (TPSA) is 33.6 Å². The summed E-state index contributed by atoms with van der Waals surface area (Å²) in [7, 11) is 0. The Hall–Kier alpha value is -2.00. The molecule has 3 nitrogen and oxygen atoms in total. The highest BCUT2D eigenvalue weighted by Gasteiger charge is 2.10. The first-order chi connectivity index (χ1) is 9.31. The quantitative estimate of drug-likeness (QED) is 0.863. The number of fused-ring (bicyclic) bond motifs is 1. The Balaban J connectivity index is 1.71. The van der Waals surface area contributed by atoms with Gasteiger partial charge in [0, 0.05) is 11.3 Å². The highest BCUT2D eigenvalue weighted by Crippen LogP contribution is 2.26. The number of aliphatic imine (C=N–C) groups is 1. The van der Waals surface area contributed by atoms with E-state index in [1.165, 1.54) is 0 Å². The van der Waals surface area contributed by atoms with E-state index in [0.29, 0.717) is 18.4 Å². The van der Waals surface area contributed by atoms with E-state index in [1.54, 1.807) is 0 Å². The van der Waals surface area contributed by atoms with Gasteiger partial charge in [-0.3, -0.25) is 4.99 Å². The lowest BCUT2D eigenvalue weighted by Gasteiger charge is -2.16. The molecule has 1 aliphatic heterocycles. The van der Waals surface area contributed by atoms with Gasteiger partial charge in [0.1, 0.15) is 12.4 Å². The van der Waals surface area contributed by atoms with Crippen LogP contribution in [-0.2, 0) is 13.2 Å². The zero-order valence-electron chi connectivity index (χ0n) is 10.3. The summed E-state index contributed by atoms with van der Waals surface area (Å²) in [4.78, 5) is 4.15. The van der Waals surface area contributed by atoms with Crippen molar-refractivity contribution in [2.45, 2.75) is 13.2 Å². The summed E-state index contributed by atoms with van der Waals surface area (Å²) < 4.78 is 5.78. The zero-order valence-corrected chi connectivity index (χ0v) is 11.0. The summed E-state index contributed by atoms with van der Waals surface area (Å²) >= 11 is 5.83. The highest BCUT2D eigenvalue weighted by molar-refractivity contribution is 6.67. The summed E-state index contributed by atoms with van der Waals surface area (Å²) in [5.74, 6) is 0.845. The number of halogens is 1. The Bertz CT molecular complexity index is 611. The first-order valence-corrected chi connectivity index (χ1v) is 6.46. The summed E-state index contributed by atoms with van der Waals surface area (Å²) in [5.41, 5.74) is 3.24. The fraction of sp³-hybridized carbons (Fsp3) is 0.133. The van der Waals surface area contributed by atoms with Crippen LogP contribution in [-0.4, -0.2) is 5.29 Å². The average molecular weight is 273 g/mol. The second-order valence-corrected chi connectivity index (χ2v) is 4.68. The van der Waals surface area contributed by atoms with E-state index in [2.05, 4.69) is 10.3 Å². The molecule has 0 fully saturated rings. The van der Waals surface area contributed by atoms with Crippen molar-refractivity contribution in [3.05, 3.63) is 59.7 Å². The van der Waals surface area contributed by atoms with Crippen molar-refractivity contribution in [1.29, 1.82) is 0 Å². The van der Waals surface area contributed by atoms with Gasteiger partial charge >= 0.3 is 0 Å². The largest absolute Gasteiger partial charge is 0.489 e. The number of rotatable bonds is 3. The molecule has 0 unspecified atom stereocenters. The minimum atomic E-state index is 0.436. The summed E-state index contributed by atoms with van der Waals surface area (Å²) in [6.45, 7) is 1.15. The number of anilines is 1. The molecule has 1 N–H and O–H groups in total. The summed E-state index contributed by atoms with van der Waals surface area (Å²) in [6, 6.07) is 16.0. The van der Waals surface area contributed by atoms with E-state index in [4.69, 9.17) is 16.3 Å². The predicted octanol–water partition coefficient (Wildman–Crippen LogP) is 3.79. The number of ether oxygens (including phenoxy) is 1. The Labute approximate surface area is 116 Å². The fourth-order valence-electron chi connectivity index (χ4n) is 1.96. The smallest absolute Gasteiger partial charge is 0.196 e. The minimum Gasteiger partial charge on any atom is -0.489 e. The molecule has 3 rings (SSSR count). The molecule has 0 aliphatic carbocycles. The lowest BCUT2D eigenvalue weighted by Crippen LogP contribution is -2.12. The molecule has 0 radical (unpaired) electrons. The van der Waals surface area contributed by atoms with Gasteiger partial charge in [-0.1, -0.05) is 30.3 Å². The van der Waals surface area contributed by atoms with Gasteiger partial charge in [-0.15, -0.1) is 0 Å². The van der Waals surface area contributed by atoms with Crippen molar-refractivity contribution in [2.24, 2.45) is 4.99 Å². The van der Waals surface area contributed by atoms with Crippen LogP contribution in [0.3, 0.4) is 0 Å². The van der Waals surface area contributed by atoms with Gasteiger partial charge in [-0.25, -0.2) is 0 Å². The molecule has 2 aromatic carbocycles. The Morgan fingerprint density at radius 2 is 2.00 bits per heavy atom. The third-order valence-corrected chi connectivity index (χ3v) is 3.17. The molecule has 0 aromatic heterocycles. The molecule has 0 bridgehead atoms. The molecule has 0 amide bonds. The van der Waals surface area contributed by atoms with Crippen LogP contribution in [0.1, 0.15) is 11.1 Å². The van der Waals surface area contributed by atoms with Crippen LogP contribution in [0, 0.1) is 0 Å². The minimum absolute atomic E-state index is 0.436. The first-order valence-electron chi connectivity index (χ1n) is 6.08. The van der Waals surface area contributed by atoms with Gasteiger partial charge in [-0.05, 0) is 35.4 Å². The molecule has 1 aliphatic rings. The molecule has 0 saturated carbocycles. The molecule has 0 spiro atoms. The summed E-state index contributed by atoms with van der Waals surface area (Å²) in [6.07, 6.45) is 0. The molecule has 19 heavy (non-hydrogen) atoms. The van der Waals surface area contributed by atoms with E-state index in [1.807, 2.05) is 48.5 Å². The molecule has 4 heteroatoms. The molecular weight excluding hydrogens is 260 g/mol. The SMILES string of the molecule is ClC1=NCc2cc(OCc3ccccc3)ccc2N1. The highest BCUT2D eigenvalue weighted by atomic mass is 35.5. The second-order valence-electron chi connectivity index (χ2n) is 4.33. The standard InChI is InChI=1S/C15H13ClN2O/c16-15-17-9-12-8-13(6-7-14(12)18-15)19-10-11-4-2-1-3-5-11/h1-8H,9-10H2,(H,17,18). The van der Waals surface area contributed by atoms with Crippen molar-refractivity contribution in [2.75, 3.05) is 5.32 Å². The van der Waals surface area contributed by atoms with Crippen molar-refractivity contribution >= 4 is 22.6 Å². The molecule has 96 valence electrons. The average Bonchev–Trinajstić information content (AvgIpc) is 2.46. The number of hydrogen-bond acceptors (Lipinski definition) is 3. The van der Waals surface area contributed by atoms with E-state index in [-0.39, 0.29) is 0 Å². The van der Waals surface area contributed by atoms with Gasteiger partial charge in [0.05, 0.1) is 6.54 Å². The Morgan fingerprint density at radius 3 is 2.84 bits per heavy atom. The Kier molecular flexibility index (Phi) is 3.38. The fourth-order valence-corrected chi connectivity index (χ4v) is 2.12. The van der Waals surface area contributed by atoms with Crippen molar-refractivity contribution in [1.82, 2.24) is 0 Å². The van der Waals surface area contributed by atoms with Crippen LogP contribution in [0.15, 0.2) is 53.5 Å². The van der Waals surface area contributed by atoms with Crippen molar-refractivity contribution in [3.8, 4) is 5.75 Å². The lowest BCUT2D eigenvalue weighted by molar-refractivity contribution is 0.306. The normalized spacial score (nSPS) is 13.2. The monoisotopic (exact) mass is 272 g/mol. The van der Waals surface area contributed by atoms with E-state index >= 15 is 0 Å². The third-order valence-electron chi connectivity index (χ3n) is 2.95. The predicted molar refractivity (Wildman–Crippen MR) is 77.8 cm³/mol. The van der Waals surface area contributed by atoms with Gasteiger partial charge in [0.25, 0.3) is 0 Å². The van der Waals surface area contributed by atoms with E-state index < -0.39 is 0 Å². The molecule has 0 saturated heterocycles. The number of hydrogen-bond donors (Lipinski definition) is 1. The van der Waals surface area contributed by atoms with Gasteiger partial charge < -0.3 is 10.1 Å². The molecule has 2 aromatic rings. The number of nitrogens with zero attached hydrogens (tertiary/aromatic N) is 1. The van der Waals surface area contributed by atoms with Crippen molar-refractivity contribution in [3.63, 3.8) is 0 Å².